The molecular formula is C52H73N4O13P. The summed E-state index contributed by atoms with van der Waals surface area (Å²) in [6, 6.07) is 26.0. The molecule has 0 saturated carbocycles. The number of benzene rings is 3. The van der Waals surface area contributed by atoms with Crippen LogP contribution in [0.4, 0.5) is 0 Å². The van der Waals surface area contributed by atoms with E-state index in [9.17, 15) is 24.4 Å². The minimum atomic E-state index is -2.15. The molecule has 3 aromatic rings. The molecular weight excluding hydrogens is 920 g/mol. The molecule has 0 aliphatic heterocycles. The normalized spacial score (nSPS) is 12.7. The lowest BCUT2D eigenvalue weighted by Gasteiger charge is -2.40. The van der Waals surface area contributed by atoms with Crippen molar-refractivity contribution in [2.75, 3.05) is 86.3 Å². The highest BCUT2D eigenvalue weighted by atomic mass is 31.2. The number of hydrogen-bond donors (Lipinski definition) is 2. The van der Waals surface area contributed by atoms with E-state index in [2.05, 4.69) is 23.3 Å². The lowest BCUT2D eigenvalue weighted by Crippen LogP contribution is -2.51. The Hall–Kier alpha value is -5.44. The minimum absolute atomic E-state index is 0.0419. The second-order valence-corrected chi connectivity index (χ2v) is 17.9. The summed E-state index contributed by atoms with van der Waals surface area (Å²) in [5, 5.41) is 14.9. The van der Waals surface area contributed by atoms with Crippen LogP contribution in [-0.4, -0.2) is 127 Å². The molecule has 0 aromatic heterocycles. The number of rotatable bonds is 35. The highest BCUT2D eigenvalue weighted by Crippen LogP contribution is 2.49. The molecule has 0 fully saturated rings. The molecule has 0 spiro atoms. The van der Waals surface area contributed by atoms with Gasteiger partial charge in [-0.25, -0.2) is 4.67 Å². The molecule has 2 N–H and O–H groups in total. The van der Waals surface area contributed by atoms with Crippen LogP contribution in [0.15, 0.2) is 91.0 Å². The molecule has 2 unspecified atom stereocenters. The number of hydrogen-bond acceptors (Lipinski definition) is 15. The van der Waals surface area contributed by atoms with Gasteiger partial charge in [0.25, 0.3) is 8.53 Å². The van der Waals surface area contributed by atoms with E-state index in [0.717, 1.165) is 0 Å². The zero-order valence-electron chi connectivity index (χ0n) is 42.1. The van der Waals surface area contributed by atoms with Gasteiger partial charge in [-0.2, -0.15) is 5.26 Å². The quantitative estimate of drug-likeness (QED) is 0.0147. The van der Waals surface area contributed by atoms with E-state index >= 15 is 0 Å². The van der Waals surface area contributed by atoms with Gasteiger partial charge in [0, 0.05) is 37.2 Å². The van der Waals surface area contributed by atoms with Gasteiger partial charge < -0.3 is 52.8 Å². The van der Waals surface area contributed by atoms with E-state index in [1.54, 1.807) is 52.1 Å². The van der Waals surface area contributed by atoms with Crippen molar-refractivity contribution in [3.63, 3.8) is 0 Å². The maximum Gasteiger partial charge on any atom is 0.328 e. The predicted molar refractivity (Wildman–Crippen MR) is 266 cm³/mol. The largest absolute Gasteiger partial charge is 0.497 e. The van der Waals surface area contributed by atoms with Gasteiger partial charge >= 0.3 is 11.9 Å². The summed E-state index contributed by atoms with van der Waals surface area (Å²) in [5.74, 6) is -1.00. The van der Waals surface area contributed by atoms with E-state index < -0.39 is 44.7 Å². The lowest BCUT2D eigenvalue weighted by atomic mass is 9.79. The van der Waals surface area contributed by atoms with Gasteiger partial charge in [0.1, 0.15) is 17.1 Å². The van der Waals surface area contributed by atoms with Crippen LogP contribution in [0, 0.1) is 16.7 Å². The van der Waals surface area contributed by atoms with Gasteiger partial charge in [0.05, 0.1) is 85.7 Å². The summed E-state index contributed by atoms with van der Waals surface area (Å²) in [6.07, 6.45) is 0.806. The molecule has 3 aromatic carbocycles. The Morgan fingerprint density at radius 1 is 0.714 bits per heavy atom. The lowest BCUT2D eigenvalue weighted by molar-refractivity contribution is -0.183. The zero-order valence-corrected chi connectivity index (χ0v) is 43.0. The fourth-order valence-electron chi connectivity index (χ4n) is 7.13. The van der Waals surface area contributed by atoms with E-state index in [-0.39, 0.29) is 63.2 Å². The van der Waals surface area contributed by atoms with Gasteiger partial charge in [0.15, 0.2) is 0 Å². The first-order valence-corrected chi connectivity index (χ1v) is 24.8. The van der Waals surface area contributed by atoms with Crippen molar-refractivity contribution in [3.8, 4) is 17.6 Å². The van der Waals surface area contributed by atoms with Crippen LogP contribution < -0.4 is 20.1 Å². The van der Waals surface area contributed by atoms with E-state index in [1.165, 1.54) is 0 Å². The third-order valence-electron chi connectivity index (χ3n) is 10.6. The number of nitrogens with zero attached hydrogens (tertiary/aromatic N) is 2. The van der Waals surface area contributed by atoms with Crippen molar-refractivity contribution in [1.82, 2.24) is 15.3 Å². The number of ether oxygens (including phenoxy) is 7. The van der Waals surface area contributed by atoms with Gasteiger partial charge in [-0.1, -0.05) is 61.2 Å². The number of nitriles is 1. The number of amides is 2. The molecule has 3 rings (SSSR count). The molecule has 0 aliphatic rings. The molecule has 18 heteroatoms. The fourth-order valence-corrected chi connectivity index (χ4v) is 8.80. The first-order chi connectivity index (χ1) is 33.7. The fraction of sp³-hybridized carbons (Fsp3) is 0.519. The molecule has 0 heterocycles. The zero-order chi connectivity index (χ0) is 51.4. The average molecular weight is 993 g/mol. The third kappa shape index (κ3) is 18.1. The molecule has 0 radical (unpaired) electrons. The van der Waals surface area contributed by atoms with Crippen LogP contribution in [0.2, 0.25) is 0 Å². The van der Waals surface area contributed by atoms with E-state index in [4.69, 9.17) is 42.2 Å². The van der Waals surface area contributed by atoms with Gasteiger partial charge in [-0.15, -0.1) is 0 Å². The van der Waals surface area contributed by atoms with Crippen LogP contribution in [0.1, 0.15) is 84.4 Å². The van der Waals surface area contributed by atoms with Crippen molar-refractivity contribution in [1.29, 1.82) is 5.26 Å². The summed E-state index contributed by atoms with van der Waals surface area (Å²) < 4.78 is 55.7. The van der Waals surface area contributed by atoms with Gasteiger partial charge in [-0.05, 0) is 95.8 Å². The van der Waals surface area contributed by atoms with E-state index in [0.29, 0.717) is 79.7 Å². The Balaban J connectivity index is 1.88. The molecule has 0 aliphatic carbocycles. The van der Waals surface area contributed by atoms with Crippen molar-refractivity contribution >= 4 is 32.3 Å². The molecule has 17 nitrogen and oxygen atoms in total. The topological polar surface area (TPSA) is 202 Å². The SMILES string of the molecule is C=C(C)C(=O)NCCOCCOCCNC(=O)CCCOc1ccc(C(OCC(COP(OCCC#N)N(C(C)C)C(C)C)(C(=O)OCC)C(=O)OCC)(c2ccccc2)c2ccc(OC)cc2)cc1. The standard InChI is InChI=1S/C52H73N4O13P/c1-10-64-49(59)51(50(60)65-11-2,38-69-70(68-32-16-28-53)56(40(5)6)41(7)8)37-67-52(42-17-13-12-14-18-42,43-20-24-45(61-9)25-21-43)44-22-26-46(27-23-44)66-31-15-19-47(57)54-29-33-62-35-36-63-34-30-55-48(58)39(3)4/h12-14,17-18,20-27,40-41H,3,10-11,15-16,19,29-38H2,1-2,4-9H3,(H,54,57)(H,55,58). The molecule has 2 atom stereocenters. The molecule has 384 valence electrons. The van der Waals surface area contributed by atoms with Crippen LogP contribution in [0.3, 0.4) is 0 Å². The first kappa shape index (κ1) is 58.9. The monoisotopic (exact) mass is 992 g/mol. The number of nitrogens with one attached hydrogen (secondary N) is 2. The minimum Gasteiger partial charge on any atom is -0.497 e. The summed E-state index contributed by atoms with van der Waals surface area (Å²) >= 11 is 0. The Morgan fingerprint density at radius 3 is 1.77 bits per heavy atom. The first-order valence-electron chi connectivity index (χ1n) is 23.7. The maximum absolute atomic E-state index is 14.4. The van der Waals surface area contributed by atoms with Crippen LogP contribution >= 0.6 is 8.53 Å². The van der Waals surface area contributed by atoms with Crippen LogP contribution in [0.25, 0.3) is 0 Å². The van der Waals surface area contributed by atoms with Crippen molar-refractivity contribution in [2.24, 2.45) is 5.41 Å². The Bertz CT molecular complexity index is 2060. The Kier molecular flexibility index (Phi) is 26.7. The highest BCUT2D eigenvalue weighted by molar-refractivity contribution is 7.44. The molecule has 70 heavy (non-hydrogen) atoms. The Morgan fingerprint density at radius 2 is 1.26 bits per heavy atom. The van der Waals surface area contributed by atoms with Crippen LogP contribution in [-0.2, 0) is 57.5 Å². The van der Waals surface area contributed by atoms with Crippen molar-refractivity contribution < 1.29 is 61.4 Å². The molecule has 0 saturated heterocycles. The van der Waals surface area contributed by atoms with Gasteiger partial charge in [0.2, 0.25) is 17.2 Å². The maximum atomic E-state index is 14.4. The molecule has 0 bridgehead atoms. The predicted octanol–water partition coefficient (Wildman–Crippen LogP) is 7.41. The van der Waals surface area contributed by atoms with Gasteiger partial charge in [-0.3, -0.25) is 19.2 Å². The summed E-state index contributed by atoms with van der Waals surface area (Å²) in [6.45, 7) is 17.7. The summed E-state index contributed by atoms with van der Waals surface area (Å²) in [4.78, 5) is 52.9. The number of carbonyl (C=O) groups excluding carboxylic acids is 4. The van der Waals surface area contributed by atoms with E-state index in [1.807, 2.05) is 87.0 Å². The smallest absolute Gasteiger partial charge is 0.328 e. The number of esters is 2. The second kappa shape index (κ2) is 31.7. The van der Waals surface area contributed by atoms with Crippen LogP contribution in [0.5, 0.6) is 11.5 Å². The third-order valence-corrected chi connectivity index (χ3v) is 12.6. The van der Waals surface area contributed by atoms with Crippen molar-refractivity contribution in [2.45, 2.75) is 85.4 Å². The summed E-state index contributed by atoms with van der Waals surface area (Å²) in [7, 11) is -0.334. The molecule has 2 amide bonds. The van der Waals surface area contributed by atoms with Crippen molar-refractivity contribution in [3.05, 3.63) is 108 Å². The number of carbonyl (C=O) groups is 4. The Labute approximate surface area is 415 Å². The highest BCUT2D eigenvalue weighted by Gasteiger charge is 2.53. The number of methoxy groups -OCH3 is 1. The average Bonchev–Trinajstić information content (AvgIpc) is 3.35. The summed E-state index contributed by atoms with van der Waals surface area (Å²) in [5.41, 5.74) is -1.23. The second-order valence-electron chi connectivity index (χ2n) is 16.5.